The van der Waals surface area contributed by atoms with Crippen LogP contribution in [-0.4, -0.2) is 5.11 Å². The minimum absolute atomic E-state index is 0.254. The van der Waals surface area contributed by atoms with E-state index in [2.05, 4.69) is 0 Å². The largest absolute Gasteiger partial charge is 0.508 e. The van der Waals surface area contributed by atoms with E-state index in [0.717, 1.165) is 11.3 Å². The van der Waals surface area contributed by atoms with Crippen LogP contribution in [0.5, 0.6) is 5.75 Å². The van der Waals surface area contributed by atoms with E-state index in [1.165, 1.54) is 0 Å². The number of phenols is 1. The summed E-state index contributed by atoms with van der Waals surface area (Å²) < 4.78 is 5.16. The molecule has 2 heteroatoms. The molecule has 1 aromatic carbocycles. The first kappa shape index (κ1) is 6.98. The maximum Gasteiger partial charge on any atom is 0.133 e. The highest BCUT2D eigenvalue weighted by Gasteiger charge is 1.99. The van der Waals surface area contributed by atoms with Gasteiger partial charge >= 0.3 is 0 Å². The van der Waals surface area contributed by atoms with Gasteiger partial charge in [0.05, 0.1) is 6.26 Å². The first-order valence-corrected chi connectivity index (χ1v) is 3.69. The molecule has 60 valence electrons. The maximum absolute atomic E-state index is 9.17. The highest BCUT2D eigenvalue weighted by Crippen LogP contribution is 2.22. The van der Waals surface area contributed by atoms with Crippen LogP contribution in [0.3, 0.4) is 0 Å². The van der Waals surface area contributed by atoms with Crippen molar-refractivity contribution in [2.45, 2.75) is 0 Å². The van der Waals surface area contributed by atoms with Crippen molar-refractivity contribution in [3.05, 3.63) is 42.7 Å². The van der Waals surface area contributed by atoms with Crippen LogP contribution >= 0.6 is 0 Å². The van der Waals surface area contributed by atoms with E-state index < -0.39 is 0 Å². The Kier molecular flexibility index (Phi) is 1.59. The second-order valence-corrected chi connectivity index (χ2v) is 2.53. The Balaban J connectivity index is 2.48. The van der Waals surface area contributed by atoms with Crippen LogP contribution in [0.25, 0.3) is 11.3 Å². The summed E-state index contributed by atoms with van der Waals surface area (Å²) in [5.74, 6) is 1.02. The number of hydrogen-bond donors (Lipinski definition) is 1. The summed E-state index contributed by atoms with van der Waals surface area (Å²) >= 11 is 0. The standard InChI is InChI=1S/C10H8O2/c11-9-4-1-3-8(7-9)10-5-2-6-12-10/h1-7,11H. The summed E-state index contributed by atoms with van der Waals surface area (Å²) in [6, 6.07) is 10.6. The van der Waals surface area contributed by atoms with Crippen molar-refractivity contribution < 1.29 is 9.52 Å². The van der Waals surface area contributed by atoms with E-state index in [4.69, 9.17) is 4.42 Å². The van der Waals surface area contributed by atoms with Gasteiger partial charge in [0.1, 0.15) is 11.5 Å². The van der Waals surface area contributed by atoms with Gasteiger partial charge in [-0.1, -0.05) is 12.1 Å². The number of aromatic hydroxyl groups is 1. The molecule has 2 aromatic rings. The minimum Gasteiger partial charge on any atom is -0.508 e. The van der Waals surface area contributed by atoms with Gasteiger partial charge in [-0.2, -0.15) is 0 Å². The predicted molar refractivity (Wildman–Crippen MR) is 45.8 cm³/mol. The zero-order valence-corrected chi connectivity index (χ0v) is 6.40. The van der Waals surface area contributed by atoms with Crippen molar-refractivity contribution in [2.75, 3.05) is 0 Å². The Hall–Kier alpha value is -1.70. The maximum atomic E-state index is 9.17. The zero-order valence-electron chi connectivity index (χ0n) is 6.40. The Morgan fingerprint density at radius 3 is 2.67 bits per heavy atom. The highest BCUT2D eigenvalue weighted by atomic mass is 16.3. The third-order valence-corrected chi connectivity index (χ3v) is 1.65. The molecule has 12 heavy (non-hydrogen) atoms. The Labute approximate surface area is 70.1 Å². The van der Waals surface area contributed by atoms with Crippen molar-refractivity contribution in [1.29, 1.82) is 0 Å². The van der Waals surface area contributed by atoms with Crippen molar-refractivity contribution in [3.8, 4) is 17.1 Å². The smallest absolute Gasteiger partial charge is 0.133 e. The molecule has 0 bridgehead atoms. The van der Waals surface area contributed by atoms with Crippen molar-refractivity contribution in [3.63, 3.8) is 0 Å². The molecule has 1 N–H and O–H groups in total. The molecule has 2 nitrogen and oxygen atoms in total. The number of benzene rings is 1. The molecule has 0 spiro atoms. The summed E-state index contributed by atoms with van der Waals surface area (Å²) in [5.41, 5.74) is 0.889. The molecule has 0 unspecified atom stereocenters. The van der Waals surface area contributed by atoms with Gasteiger partial charge in [0, 0.05) is 5.56 Å². The van der Waals surface area contributed by atoms with Crippen LogP contribution in [0, 0.1) is 0 Å². The molecule has 0 fully saturated rings. The van der Waals surface area contributed by atoms with Gasteiger partial charge in [0.2, 0.25) is 0 Å². The summed E-state index contributed by atoms with van der Waals surface area (Å²) in [4.78, 5) is 0. The Morgan fingerprint density at radius 1 is 1.08 bits per heavy atom. The van der Waals surface area contributed by atoms with Gasteiger partial charge in [-0.3, -0.25) is 0 Å². The van der Waals surface area contributed by atoms with Crippen molar-refractivity contribution in [2.24, 2.45) is 0 Å². The Morgan fingerprint density at radius 2 is 2.00 bits per heavy atom. The van der Waals surface area contributed by atoms with Crippen LogP contribution in [0.15, 0.2) is 47.1 Å². The second-order valence-electron chi connectivity index (χ2n) is 2.53. The predicted octanol–water partition coefficient (Wildman–Crippen LogP) is 2.65. The third-order valence-electron chi connectivity index (χ3n) is 1.65. The van der Waals surface area contributed by atoms with Gasteiger partial charge < -0.3 is 9.52 Å². The van der Waals surface area contributed by atoms with Crippen LogP contribution in [-0.2, 0) is 0 Å². The second kappa shape index (κ2) is 2.74. The monoisotopic (exact) mass is 160 g/mol. The van der Waals surface area contributed by atoms with E-state index in [1.807, 2.05) is 18.2 Å². The summed E-state index contributed by atoms with van der Waals surface area (Å²) in [6.07, 6.45) is 1.61. The third kappa shape index (κ3) is 1.19. The van der Waals surface area contributed by atoms with Crippen LogP contribution in [0.1, 0.15) is 0 Å². The molecule has 0 aliphatic heterocycles. The lowest BCUT2D eigenvalue weighted by Gasteiger charge is -1.96. The zero-order chi connectivity index (χ0) is 8.39. The molecule has 0 aliphatic carbocycles. The molecule has 0 atom stereocenters. The fourth-order valence-corrected chi connectivity index (χ4v) is 1.10. The van der Waals surface area contributed by atoms with Crippen molar-refractivity contribution >= 4 is 0 Å². The molecule has 0 saturated carbocycles. The van der Waals surface area contributed by atoms with E-state index in [-0.39, 0.29) is 5.75 Å². The Bertz CT molecular complexity index is 363. The summed E-state index contributed by atoms with van der Waals surface area (Å²) in [5, 5.41) is 9.17. The summed E-state index contributed by atoms with van der Waals surface area (Å²) in [7, 11) is 0. The van der Waals surface area contributed by atoms with Gasteiger partial charge in [0.15, 0.2) is 0 Å². The first-order valence-electron chi connectivity index (χ1n) is 3.69. The molecular formula is C10H8O2. The van der Waals surface area contributed by atoms with E-state index in [1.54, 1.807) is 24.5 Å². The summed E-state index contributed by atoms with van der Waals surface area (Å²) in [6.45, 7) is 0. The van der Waals surface area contributed by atoms with Gasteiger partial charge in [0.25, 0.3) is 0 Å². The van der Waals surface area contributed by atoms with E-state index in [0.29, 0.717) is 0 Å². The fourth-order valence-electron chi connectivity index (χ4n) is 1.10. The van der Waals surface area contributed by atoms with Gasteiger partial charge in [-0.25, -0.2) is 0 Å². The normalized spacial score (nSPS) is 10.0. The molecule has 1 heterocycles. The molecule has 0 aliphatic rings. The number of furan rings is 1. The van der Waals surface area contributed by atoms with Gasteiger partial charge in [-0.15, -0.1) is 0 Å². The quantitative estimate of drug-likeness (QED) is 0.695. The van der Waals surface area contributed by atoms with Crippen molar-refractivity contribution in [1.82, 2.24) is 0 Å². The number of phenolic OH excluding ortho intramolecular Hbond substituents is 1. The van der Waals surface area contributed by atoms with E-state index >= 15 is 0 Å². The van der Waals surface area contributed by atoms with E-state index in [9.17, 15) is 5.11 Å². The lowest BCUT2D eigenvalue weighted by Crippen LogP contribution is -1.71. The average molecular weight is 160 g/mol. The molecule has 0 amide bonds. The number of rotatable bonds is 1. The first-order chi connectivity index (χ1) is 5.86. The van der Waals surface area contributed by atoms with Crippen LogP contribution in [0.2, 0.25) is 0 Å². The SMILES string of the molecule is Oc1cccc(-c2ccco2)c1. The highest BCUT2D eigenvalue weighted by molar-refractivity contribution is 5.58. The molecular weight excluding hydrogens is 152 g/mol. The lowest BCUT2D eigenvalue weighted by molar-refractivity contribution is 0.475. The molecule has 2 rings (SSSR count). The molecule has 1 aromatic heterocycles. The van der Waals surface area contributed by atoms with Gasteiger partial charge in [-0.05, 0) is 24.3 Å². The minimum atomic E-state index is 0.254. The van der Waals surface area contributed by atoms with Crippen LogP contribution < -0.4 is 0 Å². The average Bonchev–Trinajstić information content (AvgIpc) is 2.56. The molecule has 0 saturated heterocycles. The topological polar surface area (TPSA) is 33.4 Å². The van der Waals surface area contributed by atoms with Crippen LogP contribution in [0.4, 0.5) is 0 Å². The fraction of sp³-hybridized carbons (Fsp3) is 0. The lowest BCUT2D eigenvalue weighted by atomic mass is 10.2. The number of hydrogen-bond acceptors (Lipinski definition) is 2. The molecule has 0 radical (unpaired) electrons.